The number of hydrogen-bond acceptors (Lipinski definition) is 3. The summed E-state index contributed by atoms with van der Waals surface area (Å²) in [6.45, 7) is 0.303. The Kier molecular flexibility index (Phi) is 4.59. The predicted molar refractivity (Wildman–Crippen MR) is 68.2 cm³/mol. The van der Waals surface area contributed by atoms with E-state index in [4.69, 9.17) is 9.47 Å². The van der Waals surface area contributed by atoms with Crippen LogP contribution >= 0.6 is 0 Å². The molecule has 1 aromatic rings. The molecule has 1 aliphatic carbocycles. The second-order valence-corrected chi connectivity index (χ2v) is 4.52. The van der Waals surface area contributed by atoms with Crippen LogP contribution in [0.1, 0.15) is 24.8 Å². The van der Waals surface area contributed by atoms with E-state index in [2.05, 4.69) is 5.32 Å². The minimum Gasteiger partial charge on any atom is -0.445 e. The quantitative estimate of drug-likeness (QED) is 0.891. The van der Waals surface area contributed by atoms with Gasteiger partial charge in [-0.2, -0.15) is 0 Å². The molecule has 1 saturated carbocycles. The monoisotopic (exact) mass is 249 g/mol. The van der Waals surface area contributed by atoms with Crippen LogP contribution in [0.15, 0.2) is 30.3 Å². The summed E-state index contributed by atoms with van der Waals surface area (Å²) in [5.74, 6) is 0. The summed E-state index contributed by atoms with van der Waals surface area (Å²) < 4.78 is 10.5. The van der Waals surface area contributed by atoms with Crippen LogP contribution in [-0.2, 0) is 16.1 Å². The lowest BCUT2D eigenvalue weighted by molar-refractivity contribution is 0.0770. The molecule has 0 saturated heterocycles. The summed E-state index contributed by atoms with van der Waals surface area (Å²) in [6, 6.07) is 9.73. The third kappa shape index (κ3) is 3.47. The van der Waals surface area contributed by atoms with E-state index in [1.165, 1.54) is 0 Å². The third-order valence-corrected chi connectivity index (χ3v) is 3.27. The first-order chi connectivity index (χ1) is 8.79. The normalized spacial score (nSPS) is 22.7. The van der Waals surface area contributed by atoms with Crippen molar-refractivity contribution in [2.75, 3.05) is 7.11 Å². The number of carbonyl (C=O) groups excluding carboxylic acids is 1. The zero-order valence-corrected chi connectivity index (χ0v) is 10.6. The van der Waals surface area contributed by atoms with Crippen molar-refractivity contribution < 1.29 is 14.3 Å². The first kappa shape index (κ1) is 12.9. The molecule has 1 N–H and O–H groups in total. The highest BCUT2D eigenvalue weighted by molar-refractivity contribution is 5.67. The van der Waals surface area contributed by atoms with Gasteiger partial charge in [-0.1, -0.05) is 30.3 Å². The molecule has 18 heavy (non-hydrogen) atoms. The highest BCUT2D eigenvalue weighted by Gasteiger charge is 2.28. The number of benzene rings is 1. The van der Waals surface area contributed by atoms with Crippen molar-refractivity contribution in [3.05, 3.63) is 35.9 Å². The number of carbonyl (C=O) groups is 1. The second-order valence-electron chi connectivity index (χ2n) is 4.52. The molecule has 0 aliphatic heterocycles. The largest absolute Gasteiger partial charge is 0.445 e. The molecule has 1 aromatic carbocycles. The fourth-order valence-corrected chi connectivity index (χ4v) is 2.29. The van der Waals surface area contributed by atoms with Crippen LogP contribution in [-0.4, -0.2) is 25.3 Å². The maximum Gasteiger partial charge on any atom is 0.407 e. The molecule has 98 valence electrons. The Morgan fingerprint density at radius 1 is 1.33 bits per heavy atom. The Morgan fingerprint density at radius 3 is 2.83 bits per heavy atom. The zero-order valence-electron chi connectivity index (χ0n) is 10.6. The van der Waals surface area contributed by atoms with Crippen molar-refractivity contribution in [3.63, 3.8) is 0 Å². The van der Waals surface area contributed by atoms with Crippen molar-refractivity contribution in [1.29, 1.82) is 0 Å². The standard InChI is InChI=1S/C14H19NO3/c1-17-13-9-5-8-12(13)15-14(16)18-10-11-6-3-2-4-7-11/h2-4,6-7,12-13H,5,8-10H2,1H3,(H,15,16)/t12-,13?/m1/s1. The lowest BCUT2D eigenvalue weighted by Crippen LogP contribution is -2.40. The van der Waals surface area contributed by atoms with E-state index >= 15 is 0 Å². The van der Waals surface area contributed by atoms with Crippen LogP contribution in [0.5, 0.6) is 0 Å². The van der Waals surface area contributed by atoms with E-state index in [1.807, 2.05) is 30.3 Å². The zero-order chi connectivity index (χ0) is 12.8. The molecule has 0 heterocycles. The number of hydrogen-bond donors (Lipinski definition) is 1. The lowest BCUT2D eigenvalue weighted by atomic mass is 10.2. The molecule has 4 nitrogen and oxygen atoms in total. The van der Waals surface area contributed by atoms with Crippen molar-refractivity contribution in [3.8, 4) is 0 Å². The van der Waals surface area contributed by atoms with Gasteiger partial charge in [-0.25, -0.2) is 4.79 Å². The molecule has 0 bridgehead atoms. The summed E-state index contributed by atoms with van der Waals surface area (Å²) in [4.78, 5) is 11.6. The molecular formula is C14H19NO3. The third-order valence-electron chi connectivity index (χ3n) is 3.27. The maximum absolute atomic E-state index is 11.6. The highest BCUT2D eigenvalue weighted by atomic mass is 16.5. The van der Waals surface area contributed by atoms with Crippen molar-refractivity contribution in [2.45, 2.75) is 38.0 Å². The van der Waals surface area contributed by atoms with Crippen molar-refractivity contribution in [2.24, 2.45) is 0 Å². The minimum absolute atomic E-state index is 0.0817. The highest BCUT2D eigenvalue weighted by Crippen LogP contribution is 2.21. The molecule has 0 spiro atoms. The number of amides is 1. The predicted octanol–water partition coefficient (Wildman–Crippen LogP) is 2.48. The van der Waals surface area contributed by atoms with Crippen LogP contribution < -0.4 is 5.32 Å². The van der Waals surface area contributed by atoms with Gasteiger partial charge in [-0.05, 0) is 24.8 Å². The molecule has 1 aliphatic rings. The molecule has 2 atom stereocenters. The Balaban J connectivity index is 1.75. The average Bonchev–Trinajstić information content (AvgIpc) is 2.85. The molecular weight excluding hydrogens is 230 g/mol. The van der Waals surface area contributed by atoms with Gasteiger partial charge in [0.1, 0.15) is 6.61 Å². The molecule has 1 fully saturated rings. The van der Waals surface area contributed by atoms with Gasteiger partial charge in [0.15, 0.2) is 0 Å². The summed E-state index contributed by atoms with van der Waals surface area (Å²) in [5.41, 5.74) is 0.988. The Hall–Kier alpha value is -1.55. The van der Waals surface area contributed by atoms with E-state index in [1.54, 1.807) is 7.11 Å². The molecule has 4 heteroatoms. The van der Waals surface area contributed by atoms with E-state index in [9.17, 15) is 4.79 Å². The summed E-state index contributed by atoms with van der Waals surface area (Å²) in [7, 11) is 1.68. The van der Waals surface area contributed by atoms with Crippen LogP contribution in [0.4, 0.5) is 4.79 Å². The van der Waals surface area contributed by atoms with Crippen molar-refractivity contribution >= 4 is 6.09 Å². The number of alkyl carbamates (subject to hydrolysis) is 1. The molecule has 1 amide bonds. The first-order valence-corrected chi connectivity index (χ1v) is 6.29. The van der Waals surface area contributed by atoms with Gasteiger partial charge in [0, 0.05) is 7.11 Å². The summed E-state index contributed by atoms with van der Waals surface area (Å²) in [5, 5.41) is 2.86. The van der Waals surface area contributed by atoms with Gasteiger partial charge < -0.3 is 14.8 Å². The SMILES string of the molecule is COC1CCC[C@H]1NC(=O)OCc1ccccc1. The maximum atomic E-state index is 11.6. The molecule has 1 unspecified atom stereocenters. The molecule has 0 radical (unpaired) electrons. The number of methoxy groups -OCH3 is 1. The van der Waals surface area contributed by atoms with Gasteiger partial charge in [0.25, 0.3) is 0 Å². The summed E-state index contributed by atoms with van der Waals surface area (Å²) >= 11 is 0. The smallest absolute Gasteiger partial charge is 0.407 e. The van der Waals surface area contributed by atoms with Gasteiger partial charge in [-0.15, -0.1) is 0 Å². The second kappa shape index (κ2) is 6.40. The van der Waals surface area contributed by atoms with Crippen LogP contribution in [0.3, 0.4) is 0 Å². The fourth-order valence-electron chi connectivity index (χ4n) is 2.29. The van der Waals surface area contributed by atoms with E-state index < -0.39 is 0 Å². The van der Waals surface area contributed by atoms with Crippen molar-refractivity contribution in [1.82, 2.24) is 5.32 Å². The number of nitrogens with one attached hydrogen (secondary N) is 1. The van der Waals surface area contributed by atoms with E-state index in [-0.39, 0.29) is 18.2 Å². The van der Waals surface area contributed by atoms with Crippen LogP contribution in [0, 0.1) is 0 Å². The first-order valence-electron chi connectivity index (χ1n) is 6.29. The van der Waals surface area contributed by atoms with Gasteiger partial charge in [0.05, 0.1) is 12.1 Å². The molecule has 2 rings (SSSR count). The van der Waals surface area contributed by atoms with E-state index in [0.717, 1.165) is 24.8 Å². The Labute approximate surface area is 107 Å². The number of rotatable bonds is 4. The van der Waals surface area contributed by atoms with Gasteiger partial charge in [-0.3, -0.25) is 0 Å². The van der Waals surface area contributed by atoms with Gasteiger partial charge >= 0.3 is 6.09 Å². The number of ether oxygens (including phenoxy) is 2. The van der Waals surface area contributed by atoms with E-state index in [0.29, 0.717) is 6.61 Å². The lowest BCUT2D eigenvalue weighted by Gasteiger charge is -2.19. The van der Waals surface area contributed by atoms with Crippen LogP contribution in [0.2, 0.25) is 0 Å². The molecule has 0 aromatic heterocycles. The summed E-state index contributed by atoms with van der Waals surface area (Å²) in [6.07, 6.45) is 2.79. The average molecular weight is 249 g/mol. The Bertz CT molecular complexity index is 380. The minimum atomic E-state index is -0.368. The van der Waals surface area contributed by atoms with Crippen LogP contribution in [0.25, 0.3) is 0 Å². The fraction of sp³-hybridized carbons (Fsp3) is 0.500. The topological polar surface area (TPSA) is 47.6 Å². The van der Waals surface area contributed by atoms with Gasteiger partial charge in [0.2, 0.25) is 0 Å². The Morgan fingerprint density at radius 2 is 2.11 bits per heavy atom.